The van der Waals surface area contributed by atoms with Gasteiger partial charge in [0.2, 0.25) is 6.41 Å². The minimum absolute atomic E-state index is 0.0910. The number of halogens is 1. The van der Waals surface area contributed by atoms with Crippen molar-refractivity contribution in [2.75, 3.05) is 5.32 Å². The third-order valence-corrected chi connectivity index (χ3v) is 6.14. The number of carbonyl (C=O) groups is 2. The summed E-state index contributed by atoms with van der Waals surface area (Å²) in [5, 5.41) is 2.54. The van der Waals surface area contributed by atoms with Gasteiger partial charge in [0, 0.05) is 11.5 Å². The summed E-state index contributed by atoms with van der Waals surface area (Å²) in [4.78, 5) is 23.7. The van der Waals surface area contributed by atoms with Crippen LogP contribution in [0, 0.1) is 6.92 Å². The van der Waals surface area contributed by atoms with Crippen molar-refractivity contribution >= 4 is 34.0 Å². The van der Waals surface area contributed by atoms with Crippen LogP contribution in [-0.2, 0) is 4.79 Å². The second-order valence-corrected chi connectivity index (χ2v) is 9.40. The van der Waals surface area contributed by atoms with E-state index in [-0.39, 0.29) is 17.1 Å². The molecule has 1 heterocycles. The smallest absolute Gasteiger partial charge is 0.345 e. The molecule has 0 aliphatic carbocycles. The van der Waals surface area contributed by atoms with Crippen LogP contribution < -0.4 is 14.8 Å². The number of hydrogen-bond acceptors (Lipinski definition) is 4. The molecule has 0 saturated heterocycles. The Morgan fingerprint density at radius 2 is 1.88 bits per heavy atom. The maximum Gasteiger partial charge on any atom is 0.345 e. The molecule has 5 nitrogen and oxygen atoms in total. The van der Waals surface area contributed by atoms with Gasteiger partial charge in [0.15, 0.2) is 0 Å². The Balaban J connectivity index is 1.72. The first-order valence-electron chi connectivity index (χ1n) is 10.4. The van der Waals surface area contributed by atoms with Crippen LogP contribution in [0.4, 0.5) is 5.69 Å². The van der Waals surface area contributed by atoms with Crippen LogP contribution >= 0.6 is 15.9 Å². The molecule has 0 bridgehead atoms. The Bertz CT molecular complexity index is 1170. The molecule has 3 aromatic rings. The van der Waals surface area contributed by atoms with Crippen LogP contribution in [0.25, 0.3) is 0 Å². The zero-order valence-corrected chi connectivity index (χ0v) is 19.7. The Morgan fingerprint density at radius 1 is 1.16 bits per heavy atom. The predicted octanol–water partition coefficient (Wildman–Crippen LogP) is 6.24. The molecular weight excluding hydrogens is 470 g/mol. The maximum absolute atomic E-state index is 12.9. The summed E-state index contributed by atoms with van der Waals surface area (Å²) in [5.74, 6) is 0.704. The molecule has 1 N–H and O–H groups in total. The van der Waals surface area contributed by atoms with Gasteiger partial charge >= 0.3 is 5.97 Å². The molecule has 0 saturated carbocycles. The van der Waals surface area contributed by atoms with E-state index in [1.54, 1.807) is 30.3 Å². The number of carbonyl (C=O) groups excluding carboxylic acids is 2. The number of rotatable bonds is 5. The summed E-state index contributed by atoms with van der Waals surface area (Å²) in [6.45, 7) is 6.22. The minimum atomic E-state index is -0.550. The number of benzene rings is 3. The van der Waals surface area contributed by atoms with Gasteiger partial charge in [-0.05, 0) is 73.0 Å². The molecule has 6 heteroatoms. The van der Waals surface area contributed by atoms with Crippen LogP contribution in [0.3, 0.4) is 0 Å². The maximum atomic E-state index is 12.9. The van der Waals surface area contributed by atoms with E-state index in [1.807, 2.05) is 6.07 Å². The number of amides is 1. The molecule has 4 rings (SSSR count). The molecule has 0 fully saturated rings. The summed E-state index contributed by atoms with van der Waals surface area (Å²) >= 11 is 3.61. The van der Waals surface area contributed by atoms with Gasteiger partial charge in [0.1, 0.15) is 17.1 Å². The fourth-order valence-electron chi connectivity index (χ4n) is 4.04. The van der Waals surface area contributed by atoms with Crippen molar-refractivity contribution in [1.82, 2.24) is 0 Å². The average Bonchev–Trinajstić information content (AvgIpc) is 2.75. The van der Waals surface area contributed by atoms with E-state index < -0.39 is 5.97 Å². The van der Waals surface area contributed by atoms with E-state index in [0.717, 1.165) is 22.2 Å². The molecular formula is C26H24BrNO4. The van der Waals surface area contributed by atoms with Crippen LogP contribution in [0.1, 0.15) is 53.2 Å². The van der Waals surface area contributed by atoms with Crippen molar-refractivity contribution in [2.45, 2.75) is 38.7 Å². The van der Waals surface area contributed by atoms with Gasteiger partial charge in [-0.15, -0.1) is 0 Å². The number of esters is 1. The molecule has 1 aliphatic rings. The highest BCUT2D eigenvalue weighted by atomic mass is 79.9. The topological polar surface area (TPSA) is 64.6 Å². The van der Waals surface area contributed by atoms with Crippen molar-refractivity contribution in [3.63, 3.8) is 0 Å². The van der Waals surface area contributed by atoms with E-state index in [2.05, 4.69) is 66.3 Å². The lowest BCUT2D eigenvalue weighted by atomic mass is 9.80. The van der Waals surface area contributed by atoms with Crippen molar-refractivity contribution < 1.29 is 19.1 Å². The van der Waals surface area contributed by atoms with Gasteiger partial charge in [0.05, 0.1) is 15.7 Å². The van der Waals surface area contributed by atoms with Gasteiger partial charge in [-0.3, -0.25) is 4.79 Å². The van der Waals surface area contributed by atoms with E-state index in [9.17, 15) is 9.59 Å². The zero-order chi connectivity index (χ0) is 22.9. The molecule has 0 spiro atoms. The van der Waals surface area contributed by atoms with E-state index in [4.69, 9.17) is 9.47 Å². The number of fused-ring (bicyclic) bond motifs is 1. The fraction of sp³-hybridized carbons (Fsp3) is 0.231. The largest absolute Gasteiger partial charge is 0.486 e. The van der Waals surface area contributed by atoms with Crippen molar-refractivity contribution in [1.29, 1.82) is 0 Å². The number of aryl methyl sites for hydroxylation is 1. The molecule has 1 atom stereocenters. The lowest BCUT2D eigenvalue weighted by molar-refractivity contribution is -0.105. The van der Waals surface area contributed by atoms with Gasteiger partial charge in [-0.2, -0.15) is 0 Å². The summed E-state index contributed by atoms with van der Waals surface area (Å²) < 4.78 is 12.7. The van der Waals surface area contributed by atoms with Crippen LogP contribution in [0.15, 0.2) is 65.1 Å². The molecule has 3 aromatic carbocycles. The molecule has 0 aromatic heterocycles. The summed E-state index contributed by atoms with van der Waals surface area (Å²) in [5.41, 5.74) is 3.68. The zero-order valence-electron chi connectivity index (χ0n) is 18.1. The van der Waals surface area contributed by atoms with Gasteiger partial charge in [-0.1, -0.05) is 42.0 Å². The summed E-state index contributed by atoms with van der Waals surface area (Å²) in [6.07, 6.45) is 1.33. The summed E-state index contributed by atoms with van der Waals surface area (Å²) in [7, 11) is 0. The fourth-order valence-corrected chi connectivity index (χ4v) is 4.58. The Morgan fingerprint density at radius 3 is 2.59 bits per heavy atom. The summed E-state index contributed by atoms with van der Waals surface area (Å²) in [6, 6.07) is 18.8. The monoisotopic (exact) mass is 493 g/mol. The Labute approximate surface area is 195 Å². The molecule has 164 valence electrons. The second kappa shape index (κ2) is 8.79. The van der Waals surface area contributed by atoms with E-state index in [1.165, 1.54) is 11.1 Å². The highest BCUT2D eigenvalue weighted by molar-refractivity contribution is 9.10. The van der Waals surface area contributed by atoms with Crippen molar-refractivity contribution in [3.8, 4) is 11.5 Å². The average molecular weight is 494 g/mol. The van der Waals surface area contributed by atoms with Gasteiger partial charge < -0.3 is 14.8 Å². The van der Waals surface area contributed by atoms with Crippen molar-refractivity contribution in [2.24, 2.45) is 0 Å². The number of para-hydroxylation sites is 1. The Kier molecular flexibility index (Phi) is 6.07. The molecule has 32 heavy (non-hydrogen) atoms. The first kappa shape index (κ1) is 22.1. The predicted molar refractivity (Wildman–Crippen MR) is 128 cm³/mol. The van der Waals surface area contributed by atoms with Crippen LogP contribution in [0.2, 0.25) is 0 Å². The van der Waals surface area contributed by atoms with Gasteiger partial charge in [-0.25, -0.2) is 4.79 Å². The number of ether oxygens (including phenoxy) is 2. The highest BCUT2D eigenvalue weighted by Gasteiger charge is 2.36. The van der Waals surface area contributed by atoms with Crippen LogP contribution in [0.5, 0.6) is 11.5 Å². The SMILES string of the molecule is Cc1ccc(C2CC(C)(C)Oc3c(Br)cc(OC(=O)c4ccccc4NC=O)cc32)cc1. The molecule has 1 amide bonds. The standard InChI is InChI=1S/C26H24BrNO4/c1-16-8-10-17(11-9-16)21-14-26(2,3)32-24-20(21)12-18(13-22(24)27)31-25(30)19-6-4-5-7-23(19)28-15-29/h4-13,15,21H,14H2,1-3H3,(H,28,29). The molecule has 1 aliphatic heterocycles. The van der Waals surface area contributed by atoms with Gasteiger partial charge in [0.25, 0.3) is 0 Å². The third kappa shape index (κ3) is 4.55. The third-order valence-electron chi connectivity index (χ3n) is 5.55. The van der Waals surface area contributed by atoms with Crippen molar-refractivity contribution in [3.05, 3.63) is 87.4 Å². The normalized spacial score (nSPS) is 16.4. The first-order chi connectivity index (χ1) is 15.3. The van der Waals surface area contributed by atoms with Crippen LogP contribution in [-0.4, -0.2) is 18.0 Å². The highest BCUT2D eigenvalue weighted by Crippen LogP contribution is 2.49. The van der Waals surface area contributed by atoms with E-state index >= 15 is 0 Å². The number of hydrogen-bond donors (Lipinski definition) is 1. The Hall–Kier alpha value is -3.12. The minimum Gasteiger partial charge on any atom is -0.486 e. The first-order valence-corrected chi connectivity index (χ1v) is 11.2. The molecule has 0 radical (unpaired) electrons. The number of nitrogens with one attached hydrogen (secondary N) is 1. The molecule has 1 unspecified atom stereocenters. The van der Waals surface area contributed by atoms with E-state index in [0.29, 0.717) is 17.8 Å². The second-order valence-electron chi connectivity index (χ2n) is 8.55. The number of anilines is 1. The lowest BCUT2D eigenvalue weighted by Crippen LogP contribution is -2.35. The lowest BCUT2D eigenvalue weighted by Gasteiger charge is -2.38. The quantitative estimate of drug-likeness (QED) is 0.259.